The van der Waals surface area contributed by atoms with E-state index in [-0.39, 0.29) is 19.4 Å². The van der Waals surface area contributed by atoms with Gasteiger partial charge < -0.3 is 29.7 Å². The number of hydrogen-bond acceptors (Lipinski definition) is 10. The van der Waals surface area contributed by atoms with Crippen molar-refractivity contribution in [3.05, 3.63) is 48.6 Å². The maximum atomic E-state index is 12.6. The van der Waals surface area contributed by atoms with Crippen LogP contribution in [0.5, 0.6) is 0 Å². The van der Waals surface area contributed by atoms with Gasteiger partial charge in [0, 0.05) is 12.8 Å². The molecule has 0 radical (unpaired) electrons. The first-order valence-electron chi connectivity index (χ1n) is 25.1. The van der Waals surface area contributed by atoms with E-state index in [1.807, 2.05) is 24.3 Å². The van der Waals surface area contributed by atoms with Crippen LogP contribution in [-0.4, -0.2) is 76.9 Å². The molecule has 0 rings (SSSR count). The van der Waals surface area contributed by atoms with Crippen LogP contribution in [0, 0.1) is 5.92 Å². The van der Waals surface area contributed by atoms with Gasteiger partial charge in [-0.2, -0.15) is 0 Å². The summed E-state index contributed by atoms with van der Waals surface area (Å²) < 4.78 is 32.7. The van der Waals surface area contributed by atoms with Gasteiger partial charge in [0.05, 0.1) is 25.9 Å². The van der Waals surface area contributed by atoms with Crippen molar-refractivity contribution in [3.63, 3.8) is 0 Å². The monoisotopic (exact) mass is 913 g/mol. The van der Waals surface area contributed by atoms with Crippen molar-refractivity contribution >= 4 is 19.8 Å². The molecule has 0 aliphatic carbocycles. The first-order chi connectivity index (χ1) is 30.5. The second-order valence-electron chi connectivity index (χ2n) is 17.3. The molecule has 63 heavy (non-hydrogen) atoms. The van der Waals surface area contributed by atoms with Gasteiger partial charge in [-0.25, -0.2) is 4.57 Å². The lowest BCUT2D eigenvalue weighted by Gasteiger charge is -2.20. The molecule has 0 bridgehead atoms. The molecular formula is C51H93O11P. The minimum Gasteiger partial charge on any atom is -0.462 e. The molecule has 0 spiro atoms. The van der Waals surface area contributed by atoms with Crippen LogP contribution in [-0.2, 0) is 32.7 Å². The van der Waals surface area contributed by atoms with Crippen LogP contribution in [0.1, 0.15) is 213 Å². The Morgan fingerprint density at radius 1 is 0.603 bits per heavy atom. The van der Waals surface area contributed by atoms with E-state index in [9.17, 15) is 29.3 Å². The summed E-state index contributed by atoms with van der Waals surface area (Å²) in [6.45, 7) is 4.60. The predicted molar refractivity (Wildman–Crippen MR) is 257 cm³/mol. The summed E-state index contributed by atoms with van der Waals surface area (Å²) in [6, 6.07) is 0. The highest BCUT2D eigenvalue weighted by molar-refractivity contribution is 7.47. The minimum atomic E-state index is -4.66. The van der Waals surface area contributed by atoms with Crippen molar-refractivity contribution in [1.82, 2.24) is 0 Å². The number of phosphoric acid groups is 1. The van der Waals surface area contributed by atoms with Crippen LogP contribution in [0.15, 0.2) is 48.6 Å². The maximum absolute atomic E-state index is 12.6. The summed E-state index contributed by atoms with van der Waals surface area (Å²) in [6.07, 6.45) is 45.3. The Bertz CT molecular complexity index is 1220. The van der Waals surface area contributed by atoms with E-state index in [1.165, 1.54) is 122 Å². The summed E-state index contributed by atoms with van der Waals surface area (Å²) >= 11 is 0. The molecule has 0 aromatic carbocycles. The summed E-state index contributed by atoms with van der Waals surface area (Å²) in [5.74, 6) is -0.160. The van der Waals surface area contributed by atoms with E-state index in [4.69, 9.17) is 19.1 Å². The molecule has 0 aliphatic heterocycles. The maximum Gasteiger partial charge on any atom is 0.472 e. The summed E-state index contributed by atoms with van der Waals surface area (Å²) in [7, 11) is -4.66. The molecule has 4 N–H and O–H groups in total. The highest BCUT2D eigenvalue weighted by Gasteiger charge is 2.27. The second-order valence-corrected chi connectivity index (χ2v) is 18.7. The number of allylic oxidation sites excluding steroid dienone is 6. The highest BCUT2D eigenvalue weighted by Crippen LogP contribution is 2.43. The molecule has 0 aliphatic rings. The summed E-state index contributed by atoms with van der Waals surface area (Å²) in [5, 5.41) is 28.5. The van der Waals surface area contributed by atoms with Gasteiger partial charge in [0.1, 0.15) is 12.7 Å². The van der Waals surface area contributed by atoms with E-state index < -0.39 is 57.9 Å². The number of phosphoric ester groups is 1. The van der Waals surface area contributed by atoms with Gasteiger partial charge in [-0.1, -0.05) is 204 Å². The number of rotatable bonds is 46. The second kappa shape index (κ2) is 45.1. The van der Waals surface area contributed by atoms with Gasteiger partial charge >= 0.3 is 19.8 Å². The SMILES string of the molecule is CCCCC/C=C\C/C=C\CC(O)/C=C\C=C\CCCC(=O)O[C@H](COC(=O)CCCCCCCCCCCCCCCCCCCCC(C)CC)COP(=O)(O)OC[C@@H](O)CO. The largest absolute Gasteiger partial charge is 0.472 e. The van der Waals surface area contributed by atoms with E-state index in [1.54, 1.807) is 12.2 Å². The fourth-order valence-corrected chi connectivity index (χ4v) is 7.60. The quantitative estimate of drug-likeness (QED) is 0.0151. The fraction of sp³-hybridized carbons (Fsp3) is 0.804. The Balaban J connectivity index is 4.31. The van der Waals surface area contributed by atoms with Crippen molar-refractivity contribution in [2.45, 2.75) is 232 Å². The Kier molecular flexibility index (Phi) is 43.6. The van der Waals surface area contributed by atoms with E-state index in [0.29, 0.717) is 25.7 Å². The van der Waals surface area contributed by atoms with Gasteiger partial charge in [0.15, 0.2) is 6.10 Å². The van der Waals surface area contributed by atoms with Crippen LogP contribution >= 0.6 is 7.82 Å². The van der Waals surface area contributed by atoms with Crippen molar-refractivity contribution in [1.29, 1.82) is 0 Å². The predicted octanol–water partition coefficient (Wildman–Crippen LogP) is 12.9. The Morgan fingerprint density at radius 2 is 1.14 bits per heavy atom. The molecule has 0 saturated carbocycles. The Morgan fingerprint density at radius 3 is 1.73 bits per heavy atom. The smallest absolute Gasteiger partial charge is 0.462 e. The van der Waals surface area contributed by atoms with Gasteiger partial charge in [-0.05, 0) is 50.9 Å². The number of aliphatic hydroxyl groups excluding tert-OH is 3. The third-order valence-corrected chi connectivity index (χ3v) is 12.1. The van der Waals surface area contributed by atoms with Crippen LogP contribution in [0.2, 0.25) is 0 Å². The Hall–Kier alpha value is -2.11. The third kappa shape index (κ3) is 44.9. The minimum absolute atomic E-state index is 0.0496. The highest BCUT2D eigenvalue weighted by atomic mass is 31.2. The molecular weight excluding hydrogens is 820 g/mol. The first kappa shape index (κ1) is 60.9. The molecule has 12 heteroatoms. The Labute approximate surface area is 384 Å². The summed E-state index contributed by atoms with van der Waals surface area (Å²) in [5.41, 5.74) is 0. The van der Waals surface area contributed by atoms with E-state index >= 15 is 0 Å². The lowest BCUT2D eigenvalue weighted by Crippen LogP contribution is -2.29. The lowest BCUT2D eigenvalue weighted by atomic mass is 9.99. The topological polar surface area (TPSA) is 169 Å². The number of carbonyl (C=O) groups excluding carboxylic acids is 2. The number of unbranched alkanes of at least 4 members (excludes halogenated alkanes) is 21. The average Bonchev–Trinajstić information content (AvgIpc) is 3.27. The van der Waals surface area contributed by atoms with Gasteiger partial charge in [-0.3, -0.25) is 18.6 Å². The number of hydrogen-bond donors (Lipinski definition) is 4. The standard InChI is InChI=1S/C51H93O11P/c1-4-6-7-8-9-20-24-28-33-38-47(53)39-34-29-26-31-36-41-51(56)62-49(45-61-63(57,58)60-43-48(54)42-52)44-59-50(55)40-35-30-25-22-19-17-15-13-11-10-12-14-16-18-21-23-27-32-37-46(3)5-2/h9,20,26,28-29,33-34,39,46-49,52-54H,4-8,10-19,21-25,27,30-32,35-38,40-45H2,1-3H3,(H,57,58)/b20-9-,29-26+,33-28-,39-34-/t46?,47?,48-,49+/m0/s1. The van der Waals surface area contributed by atoms with Crippen LogP contribution in [0.3, 0.4) is 0 Å². The zero-order chi connectivity index (χ0) is 46.5. The van der Waals surface area contributed by atoms with Crippen molar-refractivity contribution in [3.8, 4) is 0 Å². The number of aliphatic hydroxyl groups is 3. The van der Waals surface area contributed by atoms with Gasteiger partial charge in [0.25, 0.3) is 0 Å². The van der Waals surface area contributed by atoms with Crippen molar-refractivity contribution in [2.24, 2.45) is 5.92 Å². The third-order valence-electron chi connectivity index (χ3n) is 11.1. The number of carbonyl (C=O) groups is 2. The van der Waals surface area contributed by atoms with Crippen LogP contribution in [0.4, 0.5) is 0 Å². The van der Waals surface area contributed by atoms with E-state index in [0.717, 1.165) is 38.0 Å². The number of ether oxygens (including phenoxy) is 2. The van der Waals surface area contributed by atoms with Gasteiger partial charge in [0.2, 0.25) is 0 Å². The molecule has 0 fully saturated rings. The van der Waals surface area contributed by atoms with E-state index in [2.05, 4.69) is 37.4 Å². The molecule has 368 valence electrons. The van der Waals surface area contributed by atoms with Crippen molar-refractivity contribution < 1.29 is 52.9 Å². The molecule has 0 amide bonds. The molecule has 11 nitrogen and oxygen atoms in total. The van der Waals surface area contributed by atoms with Crippen LogP contribution in [0.25, 0.3) is 0 Å². The fourth-order valence-electron chi connectivity index (χ4n) is 6.81. The molecule has 0 saturated heterocycles. The zero-order valence-corrected chi connectivity index (χ0v) is 41.0. The molecule has 3 unspecified atom stereocenters. The van der Waals surface area contributed by atoms with Gasteiger partial charge in [-0.15, -0.1) is 0 Å². The molecule has 0 aromatic heterocycles. The first-order valence-corrected chi connectivity index (χ1v) is 26.6. The average molecular weight is 913 g/mol. The zero-order valence-electron chi connectivity index (χ0n) is 40.1. The van der Waals surface area contributed by atoms with Crippen LogP contribution < -0.4 is 0 Å². The normalized spacial score (nSPS) is 15.1. The molecule has 0 aromatic rings. The van der Waals surface area contributed by atoms with Crippen molar-refractivity contribution in [2.75, 3.05) is 26.4 Å². The number of esters is 2. The summed E-state index contributed by atoms with van der Waals surface area (Å²) in [4.78, 5) is 35.1. The lowest BCUT2D eigenvalue weighted by molar-refractivity contribution is -0.161. The molecule has 5 atom stereocenters. The molecule has 0 heterocycles.